The third-order valence-corrected chi connectivity index (χ3v) is 5.04. The second-order valence-corrected chi connectivity index (χ2v) is 7.01. The lowest BCUT2D eigenvalue weighted by Gasteiger charge is -2.24. The molecule has 0 unspecified atom stereocenters. The van der Waals surface area contributed by atoms with Crippen LogP contribution < -0.4 is 15.4 Å². The summed E-state index contributed by atoms with van der Waals surface area (Å²) in [7, 11) is 1.63. The van der Waals surface area contributed by atoms with Crippen LogP contribution in [-0.2, 0) is 0 Å². The molecular weight excluding hydrogens is 380 g/mol. The molecule has 3 rings (SSSR count). The summed E-state index contributed by atoms with van der Waals surface area (Å²) in [5.41, 5.74) is 1.45. The van der Waals surface area contributed by atoms with Gasteiger partial charge in [-0.25, -0.2) is 4.98 Å². The van der Waals surface area contributed by atoms with E-state index in [1.54, 1.807) is 13.2 Å². The molecule has 0 bridgehead atoms. The molecule has 25 heavy (non-hydrogen) atoms. The smallest absolute Gasteiger partial charge is 0.146 e. The van der Waals surface area contributed by atoms with Crippen LogP contribution in [0.15, 0.2) is 34.8 Å². The summed E-state index contributed by atoms with van der Waals surface area (Å²) in [6.45, 7) is 0. The van der Waals surface area contributed by atoms with Gasteiger partial charge in [0.25, 0.3) is 0 Å². The van der Waals surface area contributed by atoms with E-state index in [0.717, 1.165) is 28.8 Å². The average Bonchev–Trinajstić information content (AvgIpc) is 2.64. The summed E-state index contributed by atoms with van der Waals surface area (Å²) < 4.78 is 6.22. The van der Waals surface area contributed by atoms with Crippen LogP contribution in [0.1, 0.15) is 37.7 Å². The summed E-state index contributed by atoms with van der Waals surface area (Å²) in [4.78, 5) is 4.61. The van der Waals surface area contributed by atoms with Gasteiger partial charge >= 0.3 is 0 Å². The van der Waals surface area contributed by atoms with Crippen LogP contribution in [-0.4, -0.2) is 18.1 Å². The third kappa shape index (κ3) is 4.43. The van der Waals surface area contributed by atoms with Crippen LogP contribution in [0, 0.1) is 11.3 Å². The monoisotopic (exact) mass is 400 g/mol. The zero-order chi connectivity index (χ0) is 17.6. The number of nitrogens with one attached hydrogen (secondary N) is 2. The fraction of sp³-hybridized carbons (Fsp3) is 0.368. The molecule has 2 aromatic rings. The van der Waals surface area contributed by atoms with Crippen molar-refractivity contribution >= 4 is 33.3 Å². The first-order chi connectivity index (χ1) is 12.2. The van der Waals surface area contributed by atoms with Crippen LogP contribution in [0.5, 0.6) is 5.75 Å². The SMILES string of the molecule is COc1cc(Nc2ccc(C#N)c(NC3CCCCC3)n2)ccc1Br. The Morgan fingerprint density at radius 2 is 2.00 bits per heavy atom. The summed E-state index contributed by atoms with van der Waals surface area (Å²) >= 11 is 3.45. The van der Waals surface area contributed by atoms with E-state index in [1.165, 1.54) is 19.3 Å². The molecule has 1 aliphatic carbocycles. The zero-order valence-electron chi connectivity index (χ0n) is 14.2. The van der Waals surface area contributed by atoms with Gasteiger partial charge in [0.15, 0.2) is 0 Å². The Kier molecular flexibility index (Phi) is 5.77. The van der Waals surface area contributed by atoms with Crippen LogP contribution in [0.25, 0.3) is 0 Å². The van der Waals surface area contributed by atoms with E-state index < -0.39 is 0 Å². The second-order valence-electron chi connectivity index (χ2n) is 6.16. The third-order valence-electron chi connectivity index (χ3n) is 4.39. The quantitative estimate of drug-likeness (QED) is 0.720. The number of pyridine rings is 1. The van der Waals surface area contributed by atoms with Gasteiger partial charge in [0.1, 0.15) is 23.5 Å². The minimum Gasteiger partial charge on any atom is -0.495 e. The molecule has 1 heterocycles. The van der Waals surface area contributed by atoms with Gasteiger partial charge < -0.3 is 15.4 Å². The average molecular weight is 401 g/mol. The zero-order valence-corrected chi connectivity index (χ0v) is 15.8. The first kappa shape index (κ1) is 17.6. The predicted octanol–water partition coefficient (Wildman–Crippen LogP) is 5.21. The molecule has 0 radical (unpaired) electrons. The molecule has 1 aromatic carbocycles. The Hall–Kier alpha value is -2.26. The highest BCUT2D eigenvalue weighted by Gasteiger charge is 2.16. The molecule has 0 aliphatic heterocycles. The van der Waals surface area contributed by atoms with E-state index in [-0.39, 0.29) is 0 Å². The summed E-state index contributed by atoms with van der Waals surface area (Å²) in [5, 5.41) is 16.1. The molecule has 1 fully saturated rings. The molecule has 5 nitrogen and oxygen atoms in total. The lowest BCUT2D eigenvalue weighted by molar-refractivity contribution is 0.412. The Bertz CT molecular complexity index is 781. The van der Waals surface area contributed by atoms with E-state index in [2.05, 4.69) is 37.6 Å². The van der Waals surface area contributed by atoms with Gasteiger partial charge in [-0.2, -0.15) is 5.26 Å². The van der Waals surface area contributed by atoms with E-state index in [4.69, 9.17) is 4.74 Å². The van der Waals surface area contributed by atoms with Crippen molar-refractivity contribution < 1.29 is 4.74 Å². The second kappa shape index (κ2) is 8.21. The van der Waals surface area contributed by atoms with Gasteiger partial charge in [0.05, 0.1) is 17.1 Å². The Morgan fingerprint density at radius 3 is 2.72 bits per heavy atom. The number of nitrogens with zero attached hydrogens (tertiary/aromatic N) is 2. The summed E-state index contributed by atoms with van der Waals surface area (Å²) in [5.74, 6) is 2.10. The number of hydrogen-bond donors (Lipinski definition) is 2. The number of halogens is 1. The lowest BCUT2D eigenvalue weighted by atomic mass is 9.95. The largest absolute Gasteiger partial charge is 0.495 e. The molecule has 0 atom stereocenters. The van der Waals surface area contributed by atoms with Gasteiger partial charge in [0.2, 0.25) is 0 Å². The van der Waals surface area contributed by atoms with E-state index >= 15 is 0 Å². The van der Waals surface area contributed by atoms with Crippen LogP contribution in [0.2, 0.25) is 0 Å². The summed E-state index contributed by atoms with van der Waals surface area (Å²) in [6.07, 6.45) is 6.03. The van der Waals surface area contributed by atoms with Crippen molar-refractivity contribution in [1.82, 2.24) is 4.98 Å². The molecular formula is C19H21BrN4O. The van der Waals surface area contributed by atoms with E-state index in [9.17, 15) is 5.26 Å². The molecule has 1 aliphatic rings. The molecule has 130 valence electrons. The molecule has 0 saturated heterocycles. The highest BCUT2D eigenvalue weighted by atomic mass is 79.9. The van der Waals surface area contributed by atoms with Crippen molar-refractivity contribution in [1.29, 1.82) is 5.26 Å². The van der Waals surface area contributed by atoms with Gasteiger partial charge in [-0.1, -0.05) is 19.3 Å². The first-order valence-electron chi connectivity index (χ1n) is 8.48. The van der Waals surface area contributed by atoms with Gasteiger partial charge in [-0.05, 0) is 53.0 Å². The maximum Gasteiger partial charge on any atom is 0.146 e. The molecule has 6 heteroatoms. The number of benzene rings is 1. The number of anilines is 3. The number of ether oxygens (including phenoxy) is 1. The normalized spacial score (nSPS) is 14.6. The van der Waals surface area contributed by atoms with Gasteiger partial charge in [-0.3, -0.25) is 0 Å². The highest BCUT2D eigenvalue weighted by Crippen LogP contribution is 2.30. The van der Waals surface area contributed by atoms with Gasteiger partial charge in [0, 0.05) is 17.8 Å². The summed E-state index contributed by atoms with van der Waals surface area (Å²) in [6, 6.07) is 12.0. The molecule has 1 aromatic heterocycles. The van der Waals surface area contributed by atoms with Crippen LogP contribution >= 0.6 is 15.9 Å². The maximum absolute atomic E-state index is 9.36. The first-order valence-corrected chi connectivity index (χ1v) is 9.27. The van der Waals surface area contributed by atoms with Crippen molar-refractivity contribution in [2.75, 3.05) is 17.7 Å². The Labute approximate surface area is 156 Å². The van der Waals surface area contributed by atoms with Gasteiger partial charge in [-0.15, -0.1) is 0 Å². The fourth-order valence-electron chi connectivity index (χ4n) is 3.05. The molecule has 0 amide bonds. The lowest BCUT2D eigenvalue weighted by Crippen LogP contribution is -2.23. The van der Waals surface area contributed by atoms with E-state index in [0.29, 0.717) is 23.2 Å². The number of methoxy groups -OCH3 is 1. The number of rotatable bonds is 5. The fourth-order valence-corrected chi connectivity index (χ4v) is 3.46. The topological polar surface area (TPSA) is 70.0 Å². The van der Waals surface area contributed by atoms with Crippen molar-refractivity contribution in [3.63, 3.8) is 0 Å². The maximum atomic E-state index is 9.36. The van der Waals surface area contributed by atoms with Crippen LogP contribution in [0.3, 0.4) is 0 Å². The van der Waals surface area contributed by atoms with Crippen molar-refractivity contribution in [3.05, 3.63) is 40.4 Å². The van der Waals surface area contributed by atoms with Crippen molar-refractivity contribution in [2.24, 2.45) is 0 Å². The Morgan fingerprint density at radius 1 is 1.20 bits per heavy atom. The Balaban J connectivity index is 1.80. The van der Waals surface area contributed by atoms with E-state index in [1.807, 2.05) is 24.3 Å². The number of nitriles is 1. The van der Waals surface area contributed by atoms with Crippen molar-refractivity contribution in [2.45, 2.75) is 38.1 Å². The molecule has 1 saturated carbocycles. The minimum absolute atomic E-state index is 0.399. The standard InChI is InChI=1S/C19H21BrN4O/c1-25-17-11-15(8-9-16(17)20)22-18-10-7-13(12-21)19(24-18)23-14-5-3-2-4-6-14/h7-11,14H,2-6H2,1H3,(H2,22,23,24). The van der Waals surface area contributed by atoms with Crippen molar-refractivity contribution in [3.8, 4) is 11.8 Å². The highest BCUT2D eigenvalue weighted by molar-refractivity contribution is 9.10. The molecule has 0 spiro atoms. The minimum atomic E-state index is 0.399. The molecule has 2 N–H and O–H groups in total. The number of hydrogen-bond acceptors (Lipinski definition) is 5. The van der Waals surface area contributed by atoms with Crippen LogP contribution in [0.4, 0.5) is 17.3 Å². The predicted molar refractivity (Wildman–Crippen MR) is 103 cm³/mol. The number of aromatic nitrogens is 1.